The molecule has 2 aromatic carbocycles. The third-order valence-electron chi connectivity index (χ3n) is 4.50. The van der Waals surface area contributed by atoms with Crippen LogP contribution in [0.5, 0.6) is 0 Å². The fourth-order valence-electron chi connectivity index (χ4n) is 2.93. The molecule has 1 N–H and O–H groups in total. The molecule has 0 aliphatic heterocycles. The number of nitrogens with zero attached hydrogens (tertiary/aromatic N) is 3. The zero-order chi connectivity index (χ0) is 21.4. The summed E-state index contributed by atoms with van der Waals surface area (Å²) in [7, 11) is -3.61. The number of sulfonamides is 1. The molecular formula is C21H28N4O3S. The average molecular weight is 417 g/mol. The second-order valence-electron chi connectivity index (χ2n) is 6.61. The van der Waals surface area contributed by atoms with Gasteiger partial charge in [0.1, 0.15) is 6.54 Å². The topological polar surface area (TPSA) is 82.1 Å². The van der Waals surface area contributed by atoms with Crippen molar-refractivity contribution in [2.24, 2.45) is 5.10 Å². The molecule has 0 saturated carbocycles. The van der Waals surface area contributed by atoms with Gasteiger partial charge < -0.3 is 4.90 Å². The van der Waals surface area contributed by atoms with Gasteiger partial charge in [-0.25, -0.2) is 13.8 Å². The lowest BCUT2D eigenvalue weighted by atomic mass is 10.2. The van der Waals surface area contributed by atoms with Crippen molar-refractivity contribution in [1.29, 1.82) is 0 Å². The molecule has 0 fully saturated rings. The maximum atomic E-state index is 12.3. The lowest BCUT2D eigenvalue weighted by Crippen LogP contribution is -2.39. The third kappa shape index (κ3) is 6.32. The van der Waals surface area contributed by atoms with E-state index in [4.69, 9.17) is 0 Å². The molecule has 0 saturated heterocycles. The van der Waals surface area contributed by atoms with E-state index in [1.807, 2.05) is 30.3 Å². The number of aryl methyl sites for hydroxylation is 1. The summed E-state index contributed by atoms with van der Waals surface area (Å²) < 4.78 is 25.4. The van der Waals surface area contributed by atoms with Crippen LogP contribution in [-0.2, 0) is 14.8 Å². The smallest absolute Gasteiger partial charge is 0.260 e. The highest BCUT2D eigenvalue weighted by atomic mass is 32.2. The van der Waals surface area contributed by atoms with Crippen LogP contribution < -0.4 is 14.6 Å². The maximum Gasteiger partial charge on any atom is 0.260 e. The van der Waals surface area contributed by atoms with Crippen molar-refractivity contribution in [3.63, 3.8) is 0 Å². The Morgan fingerprint density at radius 1 is 1.07 bits per heavy atom. The molecule has 7 nitrogen and oxygen atoms in total. The molecule has 8 heteroatoms. The van der Waals surface area contributed by atoms with Crippen molar-refractivity contribution < 1.29 is 13.2 Å². The van der Waals surface area contributed by atoms with E-state index in [2.05, 4.69) is 29.3 Å². The van der Waals surface area contributed by atoms with Crippen LogP contribution >= 0.6 is 0 Å². The Kier molecular flexibility index (Phi) is 7.78. The summed E-state index contributed by atoms with van der Waals surface area (Å²) in [6.07, 6.45) is 2.61. The molecule has 0 spiro atoms. The van der Waals surface area contributed by atoms with Crippen LogP contribution in [0.3, 0.4) is 0 Å². The van der Waals surface area contributed by atoms with Crippen molar-refractivity contribution in [1.82, 2.24) is 5.43 Å². The molecule has 0 aliphatic carbocycles. The van der Waals surface area contributed by atoms with E-state index < -0.39 is 15.9 Å². The molecule has 0 aliphatic rings. The van der Waals surface area contributed by atoms with Gasteiger partial charge >= 0.3 is 0 Å². The van der Waals surface area contributed by atoms with Crippen LogP contribution in [0.15, 0.2) is 53.6 Å². The molecule has 0 atom stereocenters. The van der Waals surface area contributed by atoms with Gasteiger partial charge in [-0.15, -0.1) is 0 Å². The molecule has 0 radical (unpaired) electrons. The summed E-state index contributed by atoms with van der Waals surface area (Å²) in [4.78, 5) is 14.5. The second kappa shape index (κ2) is 10.1. The van der Waals surface area contributed by atoms with Crippen LogP contribution in [0.25, 0.3) is 0 Å². The molecule has 1 amide bonds. The molecule has 0 heterocycles. The van der Waals surface area contributed by atoms with E-state index in [0.29, 0.717) is 5.69 Å². The standard InChI is InChI=1S/C21H28N4O3S/c1-5-24(6-2)19-13-11-18(12-14-19)15-22-23-21(26)16-25(29(4,27)28)20-10-8-7-9-17(20)3/h7-15H,5-6,16H2,1-4H3,(H,23,26)/b22-15-. The number of hydrogen-bond donors (Lipinski definition) is 1. The maximum absolute atomic E-state index is 12.3. The van der Waals surface area contributed by atoms with Gasteiger partial charge in [0.2, 0.25) is 10.0 Å². The lowest BCUT2D eigenvalue weighted by molar-refractivity contribution is -0.119. The van der Waals surface area contributed by atoms with E-state index in [1.165, 1.54) is 6.21 Å². The number of benzene rings is 2. The summed E-state index contributed by atoms with van der Waals surface area (Å²) in [5, 5.41) is 3.95. The molecular weight excluding hydrogens is 388 g/mol. The monoisotopic (exact) mass is 416 g/mol. The van der Waals surface area contributed by atoms with Gasteiger partial charge in [-0.3, -0.25) is 9.10 Å². The number of carbonyl (C=O) groups excluding carboxylic acids is 1. The van der Waals surface area contributed by atoms with Crippen molar-refractivity contribution in [2.45, 2.75) is 20.8 Å². The molecule has 2 aromatic rings. The predicted molar refractivity (Wildman–Crippen MR) is 119 cm³/mol. The van der Waals surface area contributed by atoms with Crippen molar-refractivity contribution in [2.75, 3.05) is 35.1 Å². The lowest BCUT2D eigenvalue weighted by Gasteiger charge is -2.23. The van der Waals surface area contributed by atoms with E-state index in [1.54, 1.807) is 25.1 Å². The number of amides is 1. The first kappa shape index (κ1) is 22.4. The number of rotatable bonds is 9. The number of anilines is 2. The summed E-state index contributed by atoms with van der Waals surface area (Å²) in [6.45, 7) is 7.51. The summed E-state index contributed by atoms with van der Waals surface area (Å²) in [6, 6.07) is 14.8. The van der Waals surface area contributed by atoms with Gasteiger partial charge in [0.15, 0.2) is 0 Å². The molecule has 29 heavy (non-hydrogen) atoms. The first-order valence-corrected chi connectivity index (χ1v) is 11.3. The first-order valence-electron chi connectivity index (χ1n) is 9.46. The van der Waals surface area contributed by atoms with Crippen LogP contribution in [0.1, 0.15) is 25.0 Å². The molecule has 2 rings (SSSR count). The van der Waals surface area contributed by atoms with Gasteiger partial charge in [-0.2, -0.15) is 5.10 Å². The minimum Gasteiger partial charge on any atom is -0.372 e. The average Bonchev–Trinajstić information content (AvgIpc) is 2.68. The van der Waals surface area contributed by atoms with Crippen LogP contribution in [0.2, 0.25) is 0 Å². The van der Waals surface area contributed by atoms with E-state index >= 15 is 0 Å². The largest absolute Gasteiger partial charge is 0.372 e. The van der Waals surface area contributed by atoms with E-state index in [0.717, 1.165) is 40.5 Å². The highest BCUT2D eigenvalue weighted by molar-refractivity contribution is 7.92. The Balaban J connectivity index is 2.03. The first-order chi connectivity index (χ1) is 13.8. The Morgan fingerprint density at radius 2 is 1.69 bits per heavy atom. The van der Waals surface area contributed by atoms with Gasteiger partial charge in [-0.1, -0.05) is 30.3 Å². The van der Waals surface area contributed by atoms with Gasteiger partial charge in [0.05, 0.1) is 18.2 Å². The van der Waals surface area contributed by atoms with Crippen LogP contribution in [0, 0.1) is 6.92 Å². The van der Waals surface area contributed by atoms with Gasteiger partial charge in [0, 0.05) is 18.8 Å². The summed E-state index contributed by atoms with van der Waals surface area (Å²) in [5.74, 6) is -0.519. The minimum atomic E-state index is -3.61. The van der Waals surface area contributed by atoms with Crippen molar-refractivity contribution in [3.05, 3.63) is 59.7 Å². The van der Waals surface area contributed by atoms with Crippen LogP contribution in [-0.4, -0.2) is 46.4 Å². The molecule has 156 valence electrons. The van der Waals surface area contributed by atoms with Crippen molar-refractivity contribution in [3.8, 4) is 0 Å². The number of carbonyl (C=O) groups is 1. The zero-order valence-electron chi connectivity index (χ0n) is 17.3. The normalized spacial score (nSPS) is 11.4. The molecule has 0 aromatic heterocycles. The number of hydrogen-bond acceptors (Lipinski definition) is 5. The summed E-state index contributed by atoms with van der Waals surface area (Å²) >= 11 is 0. The third-order valence-corrected chi connectivity index (χ3v) is 5.62. The quantitative estimate of drug-likeness (QED) is 0.503. The number of para-hydroxylation sites is 1. The van der Waals surface area contributed by atoms with E-state index in [9.17, 15) is 13.2 Å². The fraction of sp³-hybridized carbons (Fsp3) is 0.333. The minimum absolute atomic E-state index is 0.345. The highest BCUT2D eigenvalue weighted by Crippen LogP contribution is 2.21. The Hall–Kier alpha value is -2.87. The van der Waals surface area contributed by atoms with Gasteiger partial charge in [-0.05, 0) is 50.1 Å². The van der Waals surface area contributed by atoms with Gasteiger partial charge in [0.25, 0.3) is 5.91 Å². The predicted octanol–water partition coefficient (Wildman–Crippen LogP) is 2.76. The molecule has 0 bridgehead atoms. The SMILES string of the molecule is CCN(CC)c1ccc(/C=N\NC(=O)CN(c2ccccc2C)S(C)(=O)=O)cc1. The second-order valence-corrected chi connectivity index (χ2v) is 8.52. The Morgan fingerprint density at radius 3 is 2.24 bits per heavy atom. The fourth-order valence-corrected chi connectivity index (χ4v) is 3.84. The Bertz CT molecular complexity index is 952. The summed E-state index contributed by atoms with van der Waals surface area (Å²) in [5.41, 5.74) is 5.59. The number of nitrogens with one attached hydrogen (secondary N) is 1. The highest BCUT2D eigenvalue weighted by Gasteiger charge is 2.21. The van der Waals surface area contributed by atoms with E-state index in [-0.39, 0.29) is 6.54 Å². The van der Waals surface area contributed by atoms with Crippen LogP contribution in [0.4, 0.5) is 11.4 Å². The zero-order valence-corrected chi connectivity index (χ0v) is 18.1. The Labute approximate surface area is 173 Å². The molecule has 0 unspecified atom stereocenters. The van der Waals surface area contributed by atoms with Crippen molar-refractivity contribution >= 4 is 33.5 Å². The number of hydrazone groups is 1.